The summed E-state index contributed by atoms with van der Waals surface area (Å²) in [5.74, 6) is 2.24. The minimum absolute atomic E-state index is 0.311. The fourth-order valence-electron chi connectivity index (χ4n) is 5.78. The normalized spacial score (nSPS) is 20.7. The topological polar surface area (TPSA) is 79.5 Å². The van der Waals surface area contributed by atoms with Gasteiger partial charge in [0, 0.05) is 37.1 Å². The molecule has 4 heterocycles. The van der Waals surface area contributed by atoms with Crippen LogP contribution in [0.1, 0.15) is 45.6 Å². The molecule has 3 aromatic rings. The molecule has 1 saturated carbocycles. The molecular weight excluding hydrogens is 488 g/mol. The molecule has 2 fully saturated rings. The highest BCUT2D eigenvalue weighted by Gasteiger charge is 2.36. The first-order valence-corrected chi connectivity index (χ1v) is 13.9. The van der Waals surface area contributed by atoms with Crippen molar-refractivity contribution in [2.75, 3.05) is 31.7 Å². The highest BCUT2D eigenvalue weighted by Crippen LogP contribution is 2.39. The van der Waals surface area contributed by atoms with Crippen molar-refractivity contribution in [2.45, 2.75) is 58.2 Å². The molecule has 1 saturated heterocycles. The number of morpholine rings is 1. The zero-order chi connectivity index (χ0) is 27.3. The molecule has 39 heavy (non-hydrogen) atoms. The molecule has 1 N–H and O–H groups in total. The van der Waals surface area contributed by atoms with Crippen molar-refractivity contribution in [2.24, 2.45) is 5.92 Å². The second-order valence-corrected chi connectivity index (χ2v) is 11.8. The largest absolute Gasteiger partial charge is 0.389 e. The summed E-state index contributed by atoms with van der Waals surface area (Å²) in [4.78, 5) is 14.8. The molecule has 0 bridgehead atoms. The minimum atomic E-state index is -0.861. The van der Waals surface area contributed by atoms with Crippen LogP contribution in [0, 0.1) is 5.92 Å². The van der Waals surface area contributed by atoms with E-state index in [1.165, 1.54) is 19.3 Å². The number of hydrogen-bond acceptors (Lipinski definition) is 7. The van der Waals surface area contributed by atoms with E-state index >= 15 is 0 Å². The van der Waals surface area contributed by atoms with E-state index < -0.39 is 5.60 Å². The van der Waals surface area contributed by atoms with Crippen molar-refractivity contribution in [3.8, 4) is 11.4 Å². The Morgan fingerprint density at radius 3 is 2.72 bits per heavy atom. The Morgan fingerprint density at radius 2 is 2.00 bits per heavy atom. The second kappa shape index (κ2) is 9.92. The van der Waals surface area contributed by atoms with Gasteiger partial charge in [-0.3, -0.25) is 4.68 Å². The van der Waals surface area contributed by atoms with Gasteiger partial charge in [-0.25, -0.2) is 9.97 Å². The third-order valence-electron chi connectivity index (χ3n) is 8.17. The maximum atomic E-state index is 10.3. The molecule has 204 valence electrons. The maximum absolute atomic E-state index is 10.3. The fraction of sp³-hybridized carbons (Fsp3) is 0.452. The van der Waals surface area contributed by atoms with Crippen LogP contribution in [0.25, 0.3) is 27.9 Å². The summed E-state index contributed by atoms with van der Waals surface area (Å²) in [6.45, 7) is 12.5. The summed E-state index contributed by atoms with van der Waals surface area (Å²) in [5, 5.41) is 15.8. The van der Waals surface area contributed by atoms with Crippen molar-refractivity contribution in [3.63, 3.8) is 0 Å². The molecule has 2 aromatic heterocycles. The number of anilines is 1. The highest BCUT2D eigenvalue weighted by atomic mass is 16.5. The monoisotopic (exact) mass is 526 g/mol. The Bertz CT molecular complexity index is 1480. The molecule has 1 aromatic carbocycles. The van der Waals surface area contributed by atoms with Crippen LogP contribution >= 0.6 is 0 Å². The lowest BCUT2D eigenvalue weighted by Gasteiger charge is -2.44. The van der Waals surface area contributed by atoms with Crippen molar-refractivity contribution in [1.29, 1.82) is 0 Å². The van der Waals surface area contributed by atoms with E-state index in [0.29, 0.717) is 30.9 Å². The number of benzene rings is 1. The van der Waals surface area contributed by atoms with Gasteiger partial charge in [0.1, 0.15) is 5.82 Å². The summed E-state index contributed by atoms with van der Waals surface area (Å²) in [7, 11) is 2.04. The van der Waals surface area contributed by atoms with Gasteiger partial charge in [-0.05, 0) is 74.4 Å². The standard InChI is InChI=1S/C31H38N6O2/c1-20-13-24(16-35(5)21(20)2)23-9-10-27-26(14-23)30(37-11-12-39-18-28(37)22-7-6-8-22)34-29(33-27)25-15-32-36(17-25)19-31(3,4)38/h9-10,13-17,22,28,38H,2,6-8,11-12,18-19H2,1,3-5H3/t28-/m1/s1. The third-order valence-corrected chi connectivity index (χ3v) is 8.17. The van der Waals surface area contributed by atoms with Crippen LogP contribution in [0.3, 0.4) is 0 Å². The molecule has 1 atom stereocenters. The van der Waals surface area contributed by atoms with Gasteiger partial charge in [0.25, 0.3) is 0 Å². The van der Waals surface area contributed by atoms with Crippen LogP contribution in [-0.2, 0) is 11.3 Å². The number of likely N-dealkylation sites (N-methyl/N-ethyl adjacent to an activating group) is 1. The molecule has 0 unspecified atom stereocenters. The molecule has 6 rings (SSSR count). The number of rotatable bonds is 6. The summed E-state index contributed by atoms with van der Waals surface area (Å²) in [6.07, 6.45) is 11.8. The Balaban J connectivity index is 1.47. The molecule has 8 heteroatoms. The first-order valence-electron chi connectivity index (χ1n) is 13.9. The van der Waals surface area contributed by atoms with Crippen LogP contribution < -0.4 is 4.90 Å². The number of hydrogen-bond donors (Lipinski definition) is 1. The van der Waals surface area contributed by atoms with Gasteiger partial charge >= 0.3 is 0 Å². The molecule has 8 nitrogen and oxygen atoms in total. The number of aromatic nitrogens is 4. The third kappa shape index (κ3) is 5.11. The Hall–Kier alpha value is -3.49. The summed E-state index contributed by atoms with van der Waals surface area (Å²) in [6, 6.07) is 6.79. The van der Waals surface area contributed by atoms with Gasteiger partial charge in [-0.15, -0.1) is 0 Å². The van der Waals surface area contributed by atoms with Crippen LogP contribution in [0.5, 0.6) is 0 Å². The van der Waals surface area contributed by atoms with Gasteiger partial charge in [-0.1, -0.05) is 19.1 Å². The van der Waals surface area contributed by atoms with E-state index in [9.17, 15) is 5.11 Å². The minimum Gasteiger partial charge on any atom is -0.389 e. The lowest BCUT2D eigenvalue weighted by Crippen LogP contribution is -2.51. The number of ether oxygens (including phenoxy) is 1. The predicted octanol–water partition coefficient (Wildman–Crippen LogP) is 5.02. The Morgan fingerprint density at radius 1 is 1.18 bits per heavy atom. The highest BCUT2D eigenvalue weighted by molar-refractivity contribution is 5.94. The molecule has 0 radical (unpaired) electrons. The van der Waals surface area contributed by atoms with Gasteiger partial charge in [0.2, 0.25) is 0 Å². The second-order valence-electron chi connectivity index (χ2n) is 11.8. The van der Waals surface area contributed by atoms with Crippen LogP contribution in [0.2, 0.25) is 0 Å². The van der Waals surface area contributed by atoms with Crippen molar-refractivity contribution in [1.82, 2.24) is 24.6 Å². The Labute approximate surface area is 230 Å². The fourth-order valence-corrected chi connectivity index (χ4v) is 5.78. The van der Waals surface area contributed by atoms with E-state index in [2.05, 4.69) is 58.9 Å². The van der Waals surface area contributed by atoms with Gasteiger partial charge < -0.3 is 19.6 Å². The first-order chi connectivity index (χ1) is 18.7. The van der Waals surface area contributed by atoms with Crippen molar-refractivity contribution < 1.29 is 9.84 Å². The van der Waals surface area contributed by atoms with E-state index in [4.69, 9.17) is 14.7 Å². The maximum Gasteiger partial charge on any atom is 0.165 e. The molecular formula is C31H38N6O2. The molecule has 2 aliphatic heterocycles. The van der Waals surface area contributed by atoms with Crippen LogP contribution in [0.4, 0.5) is 5.82 Å². The smallest absolute Gasteiger partial charge is 0.165 e. The van der Waals surface area contributed by atoms with Gasteiger partial charge in [0.05, 0.1) is 48.7 Å². The quantitative estimate of drug-likeness (QED) is 0.483. The molecule has 0 spiro atoms. The van der Waals surface area contributed by atoms with E-state index in [0.717, 1.165) is 57.8 Å². The van der Waals surface area contributed by atoms with Crippen molar-refractivity contribution in [3.05, 3.63) is 66.3 Å². The van der Waals surface area contributed by atoms with Gasteiger partial charge in [-0.2, -0.15) is 5.10 Å². The summed E-state index contributed by atoms with van der Waals surface area (Å²) < 4.78 is 7.72. The van der Waals surface area contributed by atoms with E-state index in [-0.39, 0.29) is 0 Å². The SMILES string of the molecule is C=C1C(C)=CC(c2ccc3nc(-c4cnn(CC(C)(C)O)c4)nc(N4CCOC[C@@H]4C4CCC4)c3c2)=CN1C. The number of fused-ring (bicyclic) bond motifs is 1. The van der Waals surface area contributed by atoms with E-state index in [1.807, 2.05) is 13.2 Å². The van der Waals surface area contributed by atoms with E-state index in [1.54, 1.807) is 24.7 Å². The zero-order valence-electron chi connectivity index (χ0n) is 23.4. The van der Waals surface area contributed by atoms with Crippen molar-refractivity contribution >= 4 is 22.3 Å². The number of allylic oxidation sites excluding steroid dienone is 3. The van der Waals surface area contributed by atoms with Crippen LogP contribution in [-0.4, -0.2) is 68.2 Å². The Kier molecular flexibility index (Phi) is 6.55. The number of aliphatic hydroxyl groups is 1. The van der Waals surface area contributed by atoms with Crippen LogP contribution in [0.15, 0.2) is 60.7 Å². The first kappa shape index (κ1) is 25.8. The predicted molar refractivity (Wildman–Crippen MR) is 155 cm³/mol. The summed E-state index contributed by atoms with van der Waals surface area (Å²) in [5.41, 5.74) is 5.32. The lowest BCUT2D eigenvalue weighted by atomic mass is 9.79. The van der Waals surface area contributed by atoms with Gasteiger partial charge in [0.15, 0.2) is 5.82 Å². The lowest BCUT2D eigenvalue weighted by molar-refractivity contribution is 0.0577. The zero-order valence-corrected chi connectivity index (χ0v) is 23.4. The molecule has 3 aliphatic rings. The average Bonchev–Trinajstić information content (AvgIpc) is 3.32. The molecule has 0 amide bonds. The molecule has 1 aliphatic carbocycles. The number of nitrogens with zero attached hydrogens (tertiary/aromatic N) is 6. The summed E-state index contributed by atoms with van der Waals surface area (Å²) >= 11 is 0. The average molecular weight is 527 g/mol.